The van der Waals surface area contributed by atoms with E-state index in [4.69, 9.17) is 4.74 Å². The van der Waals surface area contributed by atoms with Gasteiger partial charge in [-0.2, -0.15) is 13.8 Å². The van der Waals surface area contributed by atoms with Crippen LogP contribution in [0.2, 0.25) is 0 Å². The minimum absolute atomic E-state index is 0.115. The van der Waals surface area contributed by atoms with Crippen LogP contribution in [0.1, 0.15) is 0 Å². The maximum absolute atomic E-state index is 13.6. The summed E-state index contributed by atoms with van der Waals surface area (Å²) < 4.78 is 60.2. The molecule has 0 radical (unpaired) electrons. The van der Waals surface area contributed by atoms with E-state index in [1.54, 1.807) is 0 Å². The number of rotatable bonds is 3. The number of ether oxygens (including phenoxy) is 1. The third-order valence-corrected chi connectivity index (χ3v) is 6.28. The first-order chi connectivity index (χ1) is 12.9. The molecule has 142 valence electrons. The van der Waals surface area contributed by atoms with E-state index in [-0.39, 0.29) is 23.7 Å². The molecule has 0 saturated carbocycles. The first kappa shape index (κ1) is 17.8. The molecule has 27 heavy (non-hydrogen) atoms. The van der Waals surface area contributed by atoms with Gasteiger partial charge in [0.25, 0.3) is 0 Å². The van der Waals surface area contributed by atoms with Crippen LogP contribution in [0.4, 0.5) is 8.78 Å². The van der Waals surface area contributed by atoms with Crippen molar-refractivity contribution >= 4 is 20.9 Å². The fourth-order valence-corrected chi connectivity index (χ4v) is 4.44. The molecule has 1 saturated heterocycles. The lowest BCUT2D eigenvalue weighted by molar-refractivity contribution is 0.0730. The Labute approximate surface area is 153 Å². The minimum atomic E-state index is -3.66. The van der Waals surface area contributed by atoms with Crippen molar-refractivity contribution in [3.63, 3.8) is 0 Å². The molecule has 1 fully saturated rings. The fourth-order valence-electron chi connectivity index (χ4n) is 3.00. The van der Waals surface area contributed by atoms with Crippen LogP contribution in [-0.2, 0) is 14.8 Å². The first-order valence-corrected chi connectivity index (χ1v) is 9.56. The van der Waals surface area contributed by atoms with Crippen molar-refractivity contribution in [1.29, 1.82) is 0 Å². The van der Waals surface area contributed by atoms with Gasteiger partial charge in [0.15, 0.2) is 17.4 Å². The second-order valence-corrected chi connectivity index (χ2v) is 7.99. The third kappa shape index (κ3) is 3.05. The number of hydrogen-bond acceptors (Lipinski definition) is 5. The number of phenolic OH excluding ortho intramolecular Hbond substituents is 1. The van der Waals surface area contributed by atoms with Crippen molar-refractivity contribution < 1.29 is 27.0 Å². The lowest BCUT2D eigenvalue weighted by atomic mass is 10.2. The zero-order chi connectivity index (χ0) is 19.2. The number of benzene rings is 2. The summed E-state index contributed by atoms with van der Waals surface area (Å²) in [5.41, 5.74) is 0.603. The molecular formula is C17H15F2N3O4S. The van der Waals surface area contributed by atoms with Crippen molar-refractivity contribution in [3.05, 3.63) is 48.2 Å². The van der Waals surface area contributed by atoms with E-state index in [1.807, 2.05) is 0 Å². The Morgan fingerprint density at radius 2 is 1.85 bits per heavy atom. The highest BCUT2D eigenvalue weighted by Crippen LogP contribution is 2.27. The van der Waals surface area contributed by atoms with Crippen LogP contribution in [-0.4, -0.2) is 53.9 Å². The smallest absolute Gasteiger partial charge is 0.243 e. The first-order valence-electron chi connectivity index (χ1n) is 8.12. The largest absolute Gasteiger partial charge is 0.505 e. The Kier molecular flexibility index (Phi) is 4.33. The van der Waals surface area contributed by atoms with Crippen LogP contribution in [0.5, 0.6) is 5.75 Å². The van der Waals surface area contributed by atoms with Gasteiger partial charge in [-0.05, 0) is 18.2 Å². The van der Waals surface area contributed by atoms with Gasteiger partial charge in [0.1, 0.15) is 0 Å². The SMILES string of the molecule is O=S(=O)(c1ccc2c(cnn2-c2cc(O)c(F)c(F)c2)c1)N1CCOCC1. The lowest BCUT2D eigenvalue weighted by Crippen LogP contribution is -2.40. The van der Waals surface area contributed by atoms with Gasteiger partial charge in [-0.15, -0.1) is 0 Å². The highest BCUT2D eigenvalue weighted by Gasteiger charge is 2.26. The number of morpholine rings is 1. The van der Waals surface area contributed by atoms with E-state index in [0.29, 0.717) is 24.1 Å². The van der Waals surface area contributed by atoms with Gasteiger partial charge < -0.3 is 9.84 Å². The minimum Gasteiger partial charge on any atom is -0.505 e. The summed E-state index contributed by atoms with van der Waals surface area (Å²) in [7, 11) is -3.66. The molecule has 1 N–H and O–H groups in total. The summed E-state index contributed by atoms with van der Waals surface area (Å²) in [5.74, 6) is -3.38. The van der Waals surface area contributed by atoms with E-state index in [2.05, 4.69) is 5.10 Å². The van der Waals surface area contributed by atoms with Gasteiger partial charge in [0.05, 0.1) is 35.5 Å². The van der Waals surface area contributed by atoms with Crippen molar-refractivity contribution in [3.8, 4) is 11.4 Å². The van der Waals surface area contributed by atoms with Crippen LogP contribution in [0, 0.1) is 11.6 Å². The van der Waals surface area contributed by atoms with Gasteiger partial charge in [-0.25, -0.2) is 17.5 Å². The van der Waals surface area contributed by atoms with Crippen LogP contribution in [0.3, 0.4) is 0 Å². The number of aromatic hydroxyl groups is 1. The predicted octanol–water partition coefficient (Wildman–Crippen LogP) is 2.03. The summed E-state index contributed by atoms with van der Waals surface area (Å²) in [6.45, 7) is 1.26. The zero-order valence-electron chi connectivity index (χ0n) is 14.0. The zero-order valence-corrected chi connectivity index (χ0v) is 14.8. The van der Waals surface area contributed by atoms with E-state index in [9.17, 15) is 22.3 Å². The third-order valence-electron chi connectivity index (χ3n) is 4.39. The van der Waals surface area contributed by atoms with Gasteiger partial charge >= 0.3 is 0 Å². The van der Waals surface area contributed by atoms with E-state index in [0.717, 1.165) is 12.1 Å². The molecule has 1 aliphatic rings. The summed E-state index contributed by atoms with van der Waals surface area (Å²) in [5, 5.41) is 14.1. The van der Waals surface area contributed by atoms with Crippen LogP contribution in [0.25, 0.3) is 16.6 Å². The Morgan fingerprint density at radius 3 is 2.56 bits per heavy atom. The molecule has 0 aliphatic carbocycles. The van der Waals surface area contributed by atoms with Crippen LogP contribution >= 0.6 is 0 Å². The molecule has 2 aromatic carbocycles. The number of hydrogen-bond donors (Lipinski definition) is 1. The molecule has 7 nitrogen and oxygen atoms in total. The average molecular weight is 395 g/mol. The second kappa shape index (κ2) is 6.55. The molecule has 10 heteroatoms. The molecule has 3 aromatic rings. The number of nitrogens with zero attached hydrogens (tertiary/aromatic N) is 3. The second-order valence-electron chi connectivity index (χ2n) is 6.05. The summed E-state index contributed by atoms with van der Waals surface area (Å²) in [6, 6.07) is 6.39. The van der Waals surface area contributed by atoms with Crippen molar-refractivity contribution in [2.75, 3.05) is 26.3 Å². The number of fused-ring (bicyclic) bond motifs is 1. The number of halogens is 2. The van der Waals surface area contributed by atoms with E-state index < -0.39 is 27.4 Å². The highest BCUT2D eigenvalue weighted by atomic mass is 32.2. The molecule has 4 rings (SSSR count). The molecule has 0 unspecified atom stereocenters. The van der Waals surface area contributed by atoms with Gasteiger partial charge in [-0.1, -0.05) is 0 Å². The Morgan fingerprint density at radius 1 is 1.11 bits per heavy atom. The molecule has 1 aromatic heterocycles. The van der Waals surface area contributed by atoms with E-state index >= 15 is 0 Å². The normalized spacial score (nSPS) is 16.1. The van der Waals surface area contributed by atoms with Crippen LogP contribution < -0.4 is 0 Å². The van der Waals surface area contributed by atoms with Crippen molar-refractivity contribution in [1.82, 2.24) is 14.1 Å². The monoisotopic (exact) mass is 395 g/mol. The maximum Gasteiger partial charge on any atom is 0.243 e. The molecule has 0 atom stereocenters. The molecule has 0 bridgehead atoms. The molecule has 0 amide bonds. The van der Waals surface area contributed by atoms with Crippen molar-refractivity contribution in [2.45, 2.75) is 4.90 Å². The fraction of sp³-hybridized carbons (Fsp3) is 0.235. The molecule has 0 spiro atoms. The van der Waals surface area contributed by atoms with Gasteiger partial charge in [-0.3, -0.25) is 0 Å². The number of aromatic nitrogens is 2. The Bertz CT molecular complexity index is 1100. The molecule has 2 heterocycles. The van der Waals surface area contributed by atoms with E-state index in [1.165, 1.54) is 33.4 Å². The van der Waals surface area contributed by atoms with Crippen molar-refractivity contribution in [2.24, 2.45) is 0 Å². The topological polar surface area (TPSA) is 84.7 Å². The summed E-state index contributed by atoms with van der Waals surface area (Å²) >= 11 is 0. The molecule has 1 aliphatic heterocycles. The quantitative estimate of drug-likeness (QED) is 0.734. The summed E-state index contributed by atoms with van der Waals surface area (Å²) in [4.78, 5) is 0.115. The lowest BCUT2D eigenvalue weighted by Gasteiger charge is -2.26. The Hall–Kier alpha value is -2.56. The number of sulfonamides is 1. The standard InChI is InChI=1S/C17H15F2N3O4S/c18-14-8-12(9-16(23)17(14)19)22-15-2-1-13(7-11(15)10-20-22)27(24,25)21-3-5-26-6-4-21/h1-2,7-10,23H,3-6H2. The van der Waals surface area contributed by atoms with Gasteiger partial charge in [0, 0.05) is 30.6 Å². The molecular weight excluding hydrogens is 380 g/mol. The predicted molar refractivity (Wildman–Crippen MR) is 92.2 cm³/mol. The Balaban J connectivity index is 1.76. The highest BCUT2D eigenvalue weighted by molar-refractivity contribution is 7.89. The van der Waals surface area contributed by atoms with Crippen LogP contribution in [0.15, 0.2) is 41.4 Å². The van der Waals surface area contributed by atoms with Gasteiger partial charge in [0.2, 0.25) is 10.0 Å². The number of phenols is 1. The summed E-state index contributed by atoms with van der Waals surface area (Å²) in [6.07, 6.45) is 1.42. The average Bonchev–Trinajstić information content (AvgIpc) is 3.09. The maximum atomic E-state index is 13.6.